The van der Waals surface area contributed by atoms with E-state index in [0.717, 1.165) is 0 Å². The number of carbonyl (C=O) groups is 2. The minimum absolute atomic E-state index is 0.0283. The highest BCUT2D eigenvalue weighted by atomic mass is 32.2. The normalized spacial score (nSPS) is 29.4. The Kier molecular flexibility index (Phi) is 3.69. The zero-order chi connectivity index (χ0) is 17.0. The summed E-state index contributed by atoms with van der Waals surface area (Å²) >= 11 is 0. The molecule has 0 aromatic heterocycles. The van der Waals surface area contributed by atoms with Crippen LogP contribution in [0.5, 0.6) is 0 Å². The molecule has 2 saturated carbocycles. The SMILES string of the molecule is C=CC1(C(=O)[C@H]2C[C@@]2(NC(=O)OC(C)(C)C)S(N)(=O)=O)CC1. The second kappa shape index (κ2) is 4.79. The highest BCUT2D eigenvalue weighted by Crippen LogP contribution is 2.57. The lowest BCUT2D eigenvalue weighted by atomic mass is 9.97. The van der Waals surface area contributed by atoms with E-state index >= 15 is 0 Å². The van der Waals surface area contributed by atoms with Crippen molar-refractivity contribution in [1.29, 1.82) is 0 Å². The van der Waals surface area contributed by atoms with Gasteiger partial charge >= 0.3 is 6.09 Å². The molecule has 7 nitrogen and oxygen atoms in total. The maximum Gasteiger partial charge on any atom is 0.408 e. The molecule has 2 atom stereocenters. The lowest BCUT2D eigenvalue weighted by Crippen LogP contribution is -2.50. The number of alkyl carbamates (subject to hydrolysis) is 1. The first-order chi connectivity index (χ1) is 9.87. The largest absolute Gasteiger partial charge is 0.444 e. The van der Waals surface area contributed by atoms with Gasteiger partial charge in [-0.2, -0.15) is 0 Å². The second-order valence-corrected chi connectivity index (χ2v) is 8.86. The third-order valence-electron chi connectivity index (χ3n) is 4.12. The van der Waals surface area contributed by atoms with E-state index in [1.807, 2.05) is 0 Å². The van der Waals surface area contributed by atoms with E-state index in [9.17, 15) is 18.0 Å². The van der Waals surface area contributed by atoms with Gasteiger partial charge in [0, 0.05) is 11.8 Å². The van der Waals surface area contributed by atoms with Gasteiger partial charge in [0.25, 0.3) is 0 Å². The number of rotatable bonds is 5. The Morgan fingerprint density at radius 2 is 1.91 bits per heavy atom. The molecule has 2 aliphatic carbocycles. The summed E-state index contributed by atoms with van der Waals surface area (Å²) in [4.78, 5) is 22.6. The van der Waals surface area contributed by atoms with Crippen LogP contribution >= 0.6 is 0 Å². The molecule has 0 aromatic rings. The van der Waals surface area contributed by atoms with Crippen molar-refractivity contribution in [3.8, 4) is 0 Å². The number of amides is 1. The topological polar surface area (TPSA) is 116 Å². The molecular weight excluding hydrogens is 308 g/mol. The Bertz CT molecular complexity index is 630. The van der Waals surface area contributed by atoms with Gasteiger partial charge < -0.3 is 4.74 Å². The number of hydrogen-bond acceptors (Lipinski definition) is 5. The standard InChI is InChI=1S/C14H22N2O5S/c1-5-13(6-7-13)10(17)9-8-14(9,22(15,19)20)16-11(18)21-12(2,3)4/h5,9H,1,6-8H2,2-4H3,(H,16,18)(H2,15,19,20)/t9-,14-/m1/s1. The van der Waals surface area contributed by atoms with Crippen LogP contribution in [0.15, 0.2) is 12.7 Å². The van der Waals surface area contributed by atoms with Crippen LogP contribution in [0, 0.1) is 11.3 Å². The van der Waals surface area contributed by atoms with Gasteiger partial charge in [-0.05, 0) is 33.6 Å². The van der Waals surface area contributed by atoms with Crippen molar-refractivity contribution in [3.63, 3.8) is 0 Å². The van der Waals surface area contributed by atoms with Gasteiger partial charge in [0.15, 0.2) is 4.87 Å². The molecule has 22 heavy (non-hydrogen) atoms. The van der Waals surface area contributed by atoms with E-state index in [0.29, 0.717) is 12.8 Å². The number of Topliss-reactive ketones (excluding diaryl/α,β-unsaturated/α-hetero) is 1. The van der Waals surface area contributed by atoms with E-state index < -0.39 is 37.9 Å². The molecule has 0 radical (unpaired) electrons. The number of primary sulfonamides is 1. The van der Waals surface area contributed by atoms with Crippen molar-refractivity contribution in [1.82, 2.24) is 5.32 Å². The fourth-order valence-electron chi connectivity index (χ4n) is 2.58. The first-order valence-electron chi connectivity index (χ1n) is 7.08. The lowest BCUT2D eigenvalue weighted by Gasteiger charge is -2.23. The van der Waals surface area contributed by atoms with Crippen molar-refractivity contribution < 1.29 is 22.7 Å². The minimum Gasteiger partial charge on any atom is -0.444 e. The van der Waals surface area contributed by atoms with Gasteiger partial charge in [-0.3, -0.25) is 10.1 Å². The fourth-order valence-corrected chi connectivity index (χ4v) is 3.71. The number of nitrogens with one attached hydrogen (secondary N) is 1. The van der Waals surface area contributed by atoms with E-state index in [2.05, 4.69) is 11.9 Å². The molecule has 0 saturated heterocycles. The predicted octanol–water partition coefficient (Wildman–Crippen LogP) is 1.05. The smallest absolute Gasteiger partial charge is 0.408 e. The molecule has 0 heterocycles. The summed E-state index contributed by atoms with van der Waals surface area (Å²) in [5.74, 6) is -1.08. The maximum absolute atomic E-state index is 12.5. The van der Waals surface area contributed by atoms with E-state index in [1.165, 1.54) is 0 Å². The molecular formula is C14H22N2O5S. The monoisotopic (exact) mass is 330 g/mol. The molecule has 8 heteroatoms. The number of ketones is 1. The third kappa shape index (κ3) is 2.89. The molecule has 0 spiro atoms. The quantitative estimate of drug-likeness (QED) is 0.731. The average Bonchev–Trinajstić information content (AvgIpc) is 3.19. The molecule has 124 valence electrons. The van der Waals surface area contributed by atoms with Crippen molar-refractivity contribution in [2.24, 2.45) is 16.5 Å². The van der Waals surface area contributed by atoms with Crippen LogP contribution in [0.2, 0.25) is 0 Å². The summed E-state index contributed by atoms with van der Waals surface area (Å²) in [5.41, 5.74) is -1.44. The summed E-state index contributed by atoms with van der Waals surface area (Å²) in [7, 11) is -4.14. The first kappa shape index (κ1) is 17.0. The Morgan fingerprint density at radius 1 is 1.36 bits per heavy atom. The summed E-state index contributed by atoms with van der Waals surface area (Å²) in [6.45, 7) is 8.60. The van der Waals surface area contributed by atoms with Gasteiger partial charge in [0.1, 0.15) is 11.4 Å². The molecule has 2 fully saturated rings. The molecule has 1 amide bonds. The van der Waals surface area contributed by atoms with E-state index in [1.54, 1.807) is 26.8 Å². The average molecular weight is 330 g/mol. The van der Waals surface area contributed by atoms with Crippen LogP contribution in [-0.2, 0) is 19.6 Å². The number of hydrogen-bond donors (Lipinski definition) is 2. The first-order valence-corrected chi connectivity index (χ1v) is 8.63. The number of nitrogens with two attached hydrogens (primary N) is 1. The molecule has 3 N–H and O–H groups in total. The molecule has 0 bridgehead atoms. The zero-order valence-electron chi connectivity index (χ0n) is 13.0. The Balaban J connectivity index is 2.18. The Labute approximate surface area is 130 Å². The minimum atomic E-state index is -4.14. The van der Waals surface area contributed by atoms with E-state index in [-0.39, 0.29) is 12.2 Å². The molecule has 2 rings (SSSR count). The van der Waals surface area contributed by atoms with Gasteiger partial charge in [-0.25, -0.2) is 18.4 Å². The lowest BCUT2D eigenvalue weighted by molar-refractivity contribution is -0.124. The second-order valence-electron chi connectivity index (χ2n) is 7.04. The Morgan fingerprint density at radius 3 is 2.27 bits per heavy atom. The number of ether oxygens (including phenoxy) is 1. The number of carbonyl (C=O) groups excluding carboxylic acids is 2. The van der Waals surface area contributed by atoms with Crippen LogP contribution in [0.25, 0.3) is 0 Å². The third-order valence-corrected chi connectivity index (χ3v) is 5.69. The zero-order valence-corrected chi connectivity index (χ0v) is 13.8. The van der Waals surface area contributed by atoms with E-state index in [4.69, 9.17) is 9.88 Å². The summed E-state index contributed by atoms with van der Waals surface area (Å²) in [6.07, 6.45) is 1.92. The van der Waals surface area contributed by atoms with Crippen LogP contribution in [-0.4, -0.2) is 30.8 Å². The predicted molar refractivity (Wildman–Crippen MR) is 80.2 cm³/mol. The van der Waals surface area contributed by atoms with Crippen LogP contribution < -0.4 is 10.5 Å². The molecule has 2 aliphatic rings. The van der Waals surface area contributed by atoms with Crippen molar-refractivity contribution in [3.05, 3.63) is 12.7 Å². The summed E-state index contributed by atoms with van der Waals surface area (Å²) in [6, 6.07) is 0. The van der Waals surface area contributed by atoms with Crippen molar-refractivity contribution in [2.45, 2.75) is 50.5 Å². The van der Waals surface area contributed by atoms with Gasteiger partial charge in [0.2, 0.25) is 10.0 Å². The number of sulfonamides is 1. The highest BCUT2D eigenvalue weighted by molar-refractivity contribution is 7.90. The van der Waals surface area contributed by atoms with Gasteiger partial charge in [-0.15, -0.1) is 6.58 Å². The molecule has 0 unspecified atom stereocenters. The summed E-state index contributed by atoms with van der Waals surface area (Å²) in [5, 5.41) is 7.53. The van der Waals surface area contributed by atoms with Crippen LogP contribution in [0.4, 0.5) is 4.79 Å². The fraction of sp³-hybridized carbons (Fsp3) is 0.714. The van der Waals surface area contributed by atoms with Gasteiger partial charge in [0.05, 0.1) is 5.92 Å². The Hall–Kier alpha value is -1.41. The molecule has 0 aromatic carbocycles. The highest BCUT2D eigenvalue weighted by Gasteiger charge is 2.71. The van der Waals surface area contributed by atoms with Gasteiger partial charge in [-0.1, -0.05) is 6.08 Å². The summed E-state index contributed by atoms with van der Waals surface area (Å²) < 4.78 is 28.9. The van der Waals surface area contributed by atoms with Crippen molar-refractivity contribution in [2.75, 3.05) is 0 Å². The molecule has 0 aliphatic heterocycles. The number of allylic oxidation sites excluding steroid dienone is 1. The van der Waals surface area contributed by atoms with Crippen molar-refractivity contribution >= 4 is 21.9 Å². The van der Waals surface area contributed by atoms with Crippen LogP contribution in [0.1, 0.15) is 40.0 Å². The van der Waals surface area contributed by atoms with Crippen LogP contribution in [0.3, 0.4) is 0 Å². The maximum atomic E-state index is 12.5.